The van der Waals surface area contributed by atoms with Crippen molar-refractivity contribution in [1.82, 2.24) is 9.88 Å². The second-order valence-corrected chi connectivity index (χ2v) is 9.57. The predicted molar refractivity (Wildman–Crippen MR) is 131 cm³/mol. The molecule has 0 spiro atoms. The van der Waals surface area contributed by atoms with E-state index in [1.54, 1.807) is 0 Å². The number of pyridine rings is 1. The number of hydrogen-bond acceptors (Lipinski definition) is 5. The average Bonchev–Trinajstić information content (AvgIpc) is 3.65. The molecule has 0 saturated heterocycles. The molecule has 39 heavy (non-hydrogen) atoms. The van der Waals surface area contributed by atoms with Crippen molar-refractivity contribution >= 4 is 58.2 Å². The maximum Gasteiger partial charge on any atom is 0.435 e. The van der Waals surface area contributed by atoms with Crippen molar-refractivity contribution in [2.75, 3.05) is 7.05 Å². The number of nitriles is 1. The van der Waals surface area contributed by atoms with Crippen LogP contribution in [0.25, 0.3) is 5.57 Å². The van der Waals surface area contributed by atoms with Crippen molar-refractivity contribution in [3.05, 3.63) is 62.5 Å². The smallest absolute Gasteiger partial charge is 0.404 e. The van der Waals surface area contributed by atoms with Gasteiger partial charge in [-0.1, -0.05) is 34.8 Å². The first-order valence-electron chi connectivity index (χ1n) is 10.6. The Hall–Kier alpha value is -3.08. The van der Waals surface area contributed by atoms with Gasteiger partial charge in [-0.25, -0.2) is 9.37 Å². The molecule has 208 valence electrons. The maximum atomic E-state index is 14.4. The highest BCUT2D eigenvalue weighted by Crippen LogP contribution is 2.54. The van der Waals surface area contributed by atoms with E-state index in [1.807, 2.05) is 0 Å². The number of rotatable bonds is 6. The number of carbonyl (C=O) groups is 1. The van der Waals surface area contributed by atoms with E-state index in [1.165, 1.54) is 24.2 Å². The van der Waals surface area contributed by atoms with Gasteiger partial charge in [0.2, 0.25) is 0 Å². The molecule has 1 aliphatic rings. The summed E-state index contributed by atoms with van der Waals surface area (Å²) in [4.78, 5) is 22.0. The van der Waals surface area contributed by atoms with E-state index in [0.717, 1.165) is 12.4 Å². The molecule has 6 nitrogen and oxygen atoms in total. The number of aromatic nitrogens is 1. The number of carbonyl (C=O) groups excluding carboxylic acids is 1. The molecule has 0 atom stereocenters. The number of amides is 1. The van der Waals surface area contributed by atoms with Crippen LogP contribution in [0, 0.1) is 11.3 Å². The molecule has 1 saturated carbocycles. The van der Waals surface area contributed by atoms with Gasteiger partial charge < -0.3 is 10.6 Å². The van der Waals surface area contributed by atoms with Gasteiger partial charge in [-0.2, -0.15) is 31.6 Å². The fraction of sp³-hybridized carbons (Fsp3) is 0.304. The Morgan fingerprint density at radius 1 is 1.10 bits per heavy atom. The lowest BCUT2D eigenvalue weighted by Crippen LogP contribution is -2.50. The molecule has 0 aliphatic heterocycles. The van der Waals surface area contributed by atoms with Crippen LogP contribution in [0.1, 0.15) is 34.3 Å². The summed E-state index contributed by atoms with van der Waals surface area (Å²) < 4.78 is 93.0. The normalized spacial score (nSPS) is 15.8. The lowest BCUT2D eigenvalue weighted by atomic mass is 9.94. The van der Waals surface area contributed by atoms with Gasteiger partial charge in [-0.05, 0) is 31.0 Å². The molecule has 3 rings (SSSR count). The van der Waals surface area contributed by atoms with Gasteiger partial charge in [0, 0.05) is 42.4 Å². The molecule has 1 fully saturated rings. The number of allylic oxidation sites excluding steroid dienone is 1. The van der Waals surface area contributed by atoms with E-state index < -0.39 is 50.8 Å². The topological polar surface area (TPSA) is 95.4 Å². The summed E-state index contributed by atoms with van der Waals surface area (Å²) in [6, 6.07) is 3.59. The molecular formula is C23H15Cl3F7N5O. The molecule has 0 bridgehead atoms. The van der Waals surface area contributed by atoms with E-state index in [2.05, 4.69) is 16.0 Å². The lowest BCUT2D eigenvalue weighted by Gasteiger charge is -2.30. The number of halogens is 10. The van der Waals surface area contributed by atoms with Crippen LogP contribution >= 0.6 is 34.8 Å². The van der Waals surface area contributed by atoms with Crippen molar-refractivity contribution in [2.24, 2.45) is 10.7 Å². The number of alkyl halides is 7. The molecule has 1 aromatic heterocycles. The number of benzene rings is 1. The van der Waals surface area contributed by atoms with Gasteiger partial charge in [0.25, 0.3) is 5.91 Å². The molecule has 16 heteroatoms. The SMILES string of the molecule is CN(C(=O)c1cc(C(C=Nc2c(Cl)cc(C(F)(C(F)(F)F)C(F)(F)F)cc2Cl)=CN)cnc1Cl)C1(C#N)CC1. The van der Waals surface area contributed by atoms with Gasteiger partial charge in [0.05, 0.1) is 21.7 Å². The van der Waals surface area contributed by atoms with Crippen molar-refractivity contribution < 1.29 is 35.5 Å². The summed E-state index contributed by atoms with van der Waals surface area (Å²) in [6.45, 7) is 0. The van der Waals surface area contributed by atoms with Crippen LogP contribution in [0.2, 0.25) is 15.2 Å². The van der Waals surface area contributed by atoms with E-state index >= 15 is 0 Å². The molecule has 2 N–H and O–H groups in total. The minimum Gasteiger partial charge on any atom is -0.404 e. The van der Waals surface area contributed by atoms with E-state index in [0.29, 0.717) is 12.8 Å². The third kappa shape index (κ3) is 5.50. The highest BCUT2D eigenvalue weighted by atomic mass is 35.5. The van der Waals surface area contributed by atoms with Gasteiger partial charge >= 0.3 is 18.0 Å². The minimum atomic E-state index is -6.37. The molecule has 0 radical (unpaired) electrons. The van der Waals surface area contributed by atoms with Gasteiger partial charge in [0.15, 0.2) is 0 Å². The van der Waals surface area contributed by atoms with Crippen molar-refractivity contribution in [3.8, 4) is 6.07 Å². The van der Waals surface area contributed by atoms with E-state index in [4.69, 9.17) is 40.5 Å². The zero-order valence-electron chi connectivity index (χ0n) is 19.4. The van der Waals surface area contributed by atoms with Crippen LogP contribution in [0.4, 0.5) is 36.4 Å². The first-order chi connectivity index (χ1) is 17.9. The zero-order chi connectivity index (χ0) is 29.6. The Kier molecular flexibility index (Phi) is 8.18. The largest absolute Gasteiger partial charge is 0.435 e. The van der Waals surface area contributed by atoms with Gasteiger partial charge in [-0.15, -0.1) is 0 Å². The van der Waals surface area contributed by atoms with Crippen LogP contribution < -0.4 is 5.73 Å². The molecule has 1 aliphatic carbocycles. The first-order valence-corrected chi connectivity index (χ1v) is 11.7. The van der Waals surface area contributed by atoms with Crippen LogP contribution in [0.3, 0.4) is 0 Å². The Balaban J connectivity index is 1.98. The Labute approximate surface area is 231 Å². The number of nitrogens with zero attached hydrogens (tertiary/aromatic N) is 4. The summed E-state index contributed by atoms with van der Waals surface area (Å²) in [5.41, 5.74) is -3.30. The highest BCUT2D eigenvalue weighted by molar-refractivity contribution is 6.39. The average molecular weight is 617 g/mol. The number of aliphatic imine (C=N–C) groups is 1. The zero-order valence-corrected chi connectivity index (χ0v) is 21.7. The maximum absolute atomic E-state index is 14.4. The fourth-order valence-electron chi connectivity index (χ4n) is 3.50. The summed E-state index contributed by atoms with van der Waals surface area (Å²) in [7, 11) is 1.43. The summed E-state index contributed by atoms with van der Waals surface area (Å²) >= 11 is 17.8. The standard InChI is InChI=1S/C23H15Cl3F7N5O/c1-38(20(10-35)2-3-20)19(39)14-4-11(8-37-18(14)26)12(7-34)9-36-17-15(24)5-13(6-16(17)25)21(27,22(28,29)30)23(31,32)33/h4-9H,2-3,34H2,1H3. The number of hydrogen-bond donors (Lipinski definition) is 1. The Morgan fingerprint density at radius 3 is 2.08 bits per heavy atom. The van der Waals surface area contributed by atoms with Gasteiger partial charge in [0.1, 0.15) is 16.4 Å². The summed E-state index contributed by atoms with van der Waals surface area (Å²) in [5, 5.41) is 7.53. The second-order valence-electron chi connectivity index (χ2n) is 8.39. The molecular weight excluding hydrogens is 602 g/mol. The fourth-order valence-corrected chi connectivity index (χ4v) is 4.26. The summed E-state index contributed by atoms with van der Waals surface area (Å²) in [5.74, 6) is -0.604. The van der Waals surface area contributed by atoms with Crippen LogP contribution in [-0.2, 0) is 5.67 Å². The quantitative estimate of drug-likeness (QED) is 0.212. The molecule has 1 amide bonds. The number of nitrogens with two attached hydrogens (primary N) is 1. The highest BCUT2D eigenvalue weighted by Gasteiger charge is 2.73. The lowest BCUT2D eigenvalue weighted by molar-refractivity contribution is -0.348. The molecule has 0 unspecified atom stereocenters. The van der Waals surface area contributed by atoms with E-state index in [-0.39, 0.29) is 34.0 Å². The van der Waals surface area contributed by atoms with Crippen molar-refractivity contribution in [3.63, 3.8) is 0 Å². The summed E-state index contributed by atoms with van der Waals surface area (Å²) in [6.07, 6.45) is -8.58. The van der Waals surface area contributed by atoms with Crippen molar-refractivity contribution in [2.45, 2.75) is 36.4 Å². The Morgan fingerprint density at radius 2 is 1.64 bits per heavy atom. The monoisotopic (exact) mass is 615 g/mol. The second kappa shape index (κ2) is 10.5. The minimum absolute atomic E-state index is 0.0546. The predicted octanol–water partition coefficient (Wildman–Crippen LogP) is 7.16. The van der Waals surface area contributed by atoms with Crippen LogP contribution in [-0.4, -0.2) is 46.9 Å². The van der Waals surface area contributed by atoms with Crippen LogP contribution in [0.15, 0.2) is 35.6 Å². The van der Waals surface area contributed by atoms with Crippen LogP contribution in [0.5, 0.6) is 0 Å². The van der Waals surface area contributed by atoms with Gasteiger partial charge in [-0.3, -0.25) is 9.79 Å². The third-order valence-electron chi connectivity index (χ3n) is 5.99. The Bertz CT molecular complexity index is 1380. The molecule has 1 heterocycles. The molecule has 1 aromatic carbocycles. The third-order valence-corrected chi connectivity index (χ3v) is 6.87. The van der Waals surface area contributed by atoms with E-state index in [9.17, 15) is 40.8 Å². The van der Waals surface area contributed by atoms with Crippen molar-refractivity contribution in [1.29, 1.82) is 5.26 Å². The molecule has 2 aromatic rings. The first kappa shape index (κ1) is 30.5.